The van der Waals surface area contributed by atoms with Gasteiger partial charge in [0.15, 0.2) is 0 Å². The van der Waals surface area contributed by atoms with Crippen LogP contribution in [0.25, 0.3) is 10.9 Å². The van der Waals surface area contributed by atoms with Gasteiger partial charge in [0.05, 0.1) is 12.7 Å². The molecule has 1 saturated heterocycles. The summed E-state index contributed by atoms with van der Waals surface area (Å²) in [5.41, 5.74) is 1.94. The number of hydrogen-bond acceptors (Lipinski definition) is 3. The number of aromatic nitrogens is 1. The van der Waals surface area contributed by atoms with Crippen LogP contribution in [0.1, 0.15) is 31.4 Å². The highest BCUT2D eigenvalue weighted by Crippen LogP contribution is 2.34. The molecule has 0 saturated carbocycles. The van der Waals surface area contributed by atoms with Crippen molar-refractivity contribution >= 4 is 10.9 Å². The van der Waals surface area contributed by atoms with E-state index in [1.165, 1.54) is 0 Å². The van der Waals surface area contributed by atoms with Crippen LogP contribution >= 0.6 is 0 Å². The molecule has 4 heteroatoms. The van der Waals surface area contributed by atoms with Gasteiger partial charge in [0.25, 0.3) is 0 Å². The molecule has 1 aliphatic heterocycles. The quantitative estimate of drug-likeness (QED) is 0.791. The normalized spacial score (nSPS) is 20.8. The van der Waals surface area contributed by atoms with Crippen LogP contribution in [-0.4, -0.2) is 29.3 Å². The molecule has 0 bridgehead atoms. The summed E-state index contributed by atoms with van der Waals surface area (Å²) < 4.78 is 5.68. The number of aliphatic hydroxyl groups is 1. The van der Waals surface area contributed by atoms with Gasteiger partial charge >= 0.3 is 0 Å². The van der Waals surface area contributed by atoms with Gasteiger partial charge in [-0.05, 0) is 38.4 Å². The molecule has 2 aromatic rings. The van der Waals surface area contributed by atoms with Gasteiger partial charge < -0.3 is 20.1 Å². The number of rotatable bonds is 4. The van der Waals surface area contributed by atoms with E-state index in [-0.39, 0.29) is 6.04 Å². The van der Waals surface area contributed by atoms with E-state index in [4.69, 9.17) is 4.74 Å². The molecule has 0 aliphatic carbocycles. The first-order valence-electron chi connectivity index (χ1n) is 6.95. The lowest BCUT2D eigenvalue weighted by Gasteiger charge is -2.18. The fourth-order valence-corrected chi connectivity index (χ4v) is 2.88. The van der Waals surface area contributed by atoms with Crippen LogP contribution < -0.4 is 10.1 Å². The lowest BCUT2D eigenvalue weighted by atomic mass is 10.00. The van der Waals surface area contributed by atoms with Crippen LogP contribution in [-0.2, 0) is 0 Å². The largest absolute Gasteiger partial charge is 0.493 e. The molecule has 3 rings (SSSR count). The lowest BCUT2D eigenvalue weighted by molar-refractivity contribution is 0.139. The number of nitrogens with one attached hydrogen (secondary N) is 2. The zero-order valence-corrected chi connectivity index (χ0v) is 11.1. The summed E-state index contributed by atoms with van der Waals surface area (Å²) >= 11 is 0. The third kappa shape index (κ3) is 2.22. The Kier molecular flexibility index (Phi) is 3.44. The first-order valence-corrected chi connectivity index (χ1v) is 6.95. The second-order valence-electron chi connectivity index (χ2n) is 5.00. The molecule has 2 unspecified atom stereocenters. The van der Waals surface area contributed by atoms with Gasteiger partial charge in [-0.15, -0.1) is 0 Å². The van der Waals surface area contributed by atoms with Gasteiger partial charge in [0.2, 0.25) is 0 Å². The fraction of sp³-hybridized carbons (Fsp3) is 0.467. The van der Waals surface area contributed by atoms with Crippen molar-refractivity contribution in [3.8, 4) is 5.75 Å². The topological polar surface area (TPSA) is 57.3 Å². The number of fused-ring (bicyclic) bond motifs is 1. The van der Waals surface area contributed by atoms with Crippen molar-refractivity contribution in [1.82, 2.24) is 10.3 Å². The SMILES string of the molecule is CCOc1cccc2[nH]cc(C(O)C3CCCN3)c12. The number of ether oxygens (including phenoxy) is 1. The average Bonchev–Trinajstić information content (AvgIpc) is 3.08. The van der Waals surface area contributed by atoms with Crippen LogP contribution in [0.4, 0.5) is 0 Å². The third-order valence-electron chi connectivity index (χ3n) is 3.80. The fourth-order valence-electron chi connectivity index (χ4n) is 2.88. The highest BCUT2D eigenvalue weighted by molar-refractivity contribution is 5.89. The minimum absolute atomic E-state index is 0.147. The summed E-state index contributed by atoms with van der Waals surface area (Å²) in [4.78, 5) is 3.22. The van der Waals surface area contributed by atoms with E-state index in [2.05, 4.69) is 10.3 Å². The van der Waals surface area contributed by atoms with E-state index in [9.17, 15) is 5.11 Å². The maximum atomic E-state index is 10.6. The zero-order chi connectivity index (χ0) is 13.2. The summed E-state index contributed by atoms with van der Waals surface area (Å²) in [6.07, 6.45) is 3.56. The maximum Gasteiger partial charge on any atom is 0.129 e. The van der Waals surface area contributed by atoms with E-state index in [0.717, 1.165) is 41.6 Å². The predicted molar refractivity (Wildman–Crippen MR) is 75.5 cm³/mol. The van der Waals surface area contributed by atoms with Crippen LogP contribution in [0.2, 0.25) is 0 Å². The van der Waals surface area contributed by atoms with E-state index < -0.39 is 6.10 Å². The Hall–Kier alpha value is -1.52. The van der Waals surface area contributed by atoms with Crippen molar-refractivity contribution in [3.63, 3.8) is 0 Å². The van der Waals surface area contributed by atoms with E-state index in [1.807, 2.05) is 31.3 Å². The molecule has 2 atom stereocenters. The molecule has 1 aliphatic rings. The van der Waals surface area contributed by atoms with E-state index in [1.54, 1.807) is 0 Å². The highest BCUT2D eigenvalue weighted by atomic mass is 16.5. The maximum absolute atomic E-state index is 10.6. The molecular formula is C15H20N2O2. The number of hydrogen-bond donors (Lipinski definition) is 3. The number of aromatic amines is 1. The molecule has 0 amide bonds. The Bertz CT molecular complexity index is 558. The predicted octanol–water partition coefficient (Wildman–Crippen LogP) is 2.35. The monoisotopic (exact) mass is 260 g/mol. The molecule has 3 N–H and O–H groups in total. The number of benzene rings is 1. The Morgan fingerprint density at radius 3 is 3.11 bits per heavy atom. The van der Waals surface area contributed by atoms with Crippen LogP contribution in [0.5, 0.6) is 5.75 Å². The molecule has 4 nitrogen and oxygen atoms in total. The second kappa shape index (κ2) is 5.23. The summed E-state index contributed by atoms with van der Waals surface area (Å²) in [5.74, 6) is 0.841. The van der Waals surface area contributed by atoms with Crippen LogP contribution in [0.15, 0.2) is 24.4 Å². The molecular weight excluding hydrogens is 240 g/mol. The van der Waals surface area contributed by atoms with Crippen LogP contribution in [0.3, 0.4) is 0 Å². The molecule has 1 aromatic heterocycles. The summed E-state index contributed by atoms with van der Waals surface area (Å²) in [7, 11) is 0. The molecule has 1 aromatic carbocycles. The molecule has 0 spiro atoms. The van der Waals surface area contributed by atoms with Crippen molar-refractivity contribution in [1.29, 1.82) is 0 Å². The van der Waals surface area contributed by atoms with Gasteiger partial charge in [-0.25, -0.2) is 0 Å². The van der Waals surface area contributed by atoms with Gasteiger partial charge in [-0.1, -0.05) is 6.07 Å². The molecule has 2 heterocycles. The van der Waals surface area contributed by atoms with Crippen molar-refractivity contribution < 1.29 is 9.84 Å². The third-order valence-corrected chi connectivity index (χ3v) is 3.80. The Balaban J connectivity index is 2.02. The van der Waals surface area contributed by atoms with E-state index in [0.29, 0.717) is 6.61 Å². The zero-order valence-electron chi connectivity index (χ0n) is 11.1. The van der Waals surface area contributed by atoms with Crippen molar-refractivity contribution in [2.75, 3.05) is 13.2 Å². The smallest absolute Gasteiger partial charge is 0.129 e. The second-order valence-corrected chi connectivity index (χ2v) is 5.00. The summed E-state index contributed by atoms with van der Waals surface area (Å²) in [6, 6.07) is 6.08. The Labute approximate surface area is 112 Å². The first kappa shape index (κ1) is 12.5. The molecule has 1 fully saturated rings. The average molecular weight is 260 g/mol. The highest BCUT2D eigenvalue weighted by Gasteiger charge is 2.26. The van der Waals surface area contributed by atoms with Crippen molar-refractivity contribution in [2.45, 2.75) is 31.9 Å². The van der Waals surface area contributed by atoms with Gasteiger partial charge in [-0.3, -0.25) is 0 Å². The van der Waals surface area contributed by atoms with Crippen molar-refractivity contribution in [2.24, 2.45) is 0 Å². The molecule has 0 radical (unpaired) electrons. The van der Waals surface area contributed by atoms with Gasteiger partial charge in [-0.2, -0.15) is 0 Å². The van der Waals surface area contributed by atoms with E-state index >= 15 is 0 Å². The molecule has 19 heavy (non-hydrogen) atoms. The Morgan fingerprint density at radius 1 is 1.47 bits per heavy atom. The minimum atomic E-state index is -0.488. The first-order chi connectivity index (χ1) is 9.31. The van der Waals surface area contributed by atoms with Gasteiger partial charge in [0.1, 0.15) is 5.75 Å². The van der Waals surface area contributed by atoms with Gasteiger partial charge in [0, 0.05) is 28.7 Å². The number of aliphatic hydroxyl groups excluding tert-OH is 1. The summed E-state index contributed by atoms with van der Waals surface area (Å²) in [6.45, 7) is 3.59. The summed E-state index contributed by atoms with van der Waals surface area (Å²) in [5, 5.41) is 14.9. The molecule has 102 valence electrons. The Morgan fingerprint density at radius 2 is 2.37 bits per heavy atom. The lowest BCUT2D eigenvalue weighted by Crippen LogP contribution is -2.28. The van der Waals surface area contributed by atoms with Crippen LogP contribution in [0, 0.1) is 0 Å². The number of H-pyrrole nitrogens is 1. The van der Waals surface area contributed by atoms with Crippen molar-refractivity contribution in [3.05, 3.63) is 30.0 Å². The standard InChI is InChI=1S/C15H20N2O2/c1-2-19-13-7-3-5-11-14(13)10(9-17-11)15(18)12-6-4-8-16-12/h3,5,7,9,12,15-18H,2,4,6,8H2,1H3. The minimum Gasteiger partial charge on any atom is -0.493 e.